The molecule has 0 saturated carbocycles. The molecule has 164 valence electrons. The molecule has 0 saturated heterocycles. The number of methoxy groups -OCH3 is 1. The van der Waals surface area contributed by atoms with Crippen LogP contribution in [0.15, 0.2) is 42.5 Å². The molecule has 7 nitrogen and oxygen atoms in total. The highest BCUT2D eigenvalue weighted by molar-refractivity contribution is 6.07. The molecule has 1 heterocycles. The van der Waals surface area contributed by atoms with Gasteiger partial charge in [0.05, 0.1) is 31.4 Å². The molecule has 1 atom stereocenters. The van der Waals surface area contributed by atoms with E-state index in [1.54, 1.807) is 40.0 Å². The van der Waals surface area contributed by atoms with Gasteiger partial charge in [-0.05, 0) is 70.2 Å². The number of carbonyl (C=O) groups excluding carboxylic acids is 2. The summed E-state index contributed by atoms with van der Waals surface area (Å²) in [7, 11) is 1.61. The van der Waals surface area contributed by atoms with E-state index in [4.69, 9.17) is 18.9 Å². The Kier molecular flexibility index (Phi) is 6.84. The average Bonchev–Trinajstić information content (AvgIpc) is 3.05. The van der Waals surface area contributed by atoms with Crippen molar-refractivity contribution >= 4 is 22.8 Å². The minimum absolute atomic E-state index is 0.267. The number of hydrogen-bond acceptors (Lipinski definition) is 6. The quantitative estimate of drug-likeness (QED) is 0.496. The van der Waals surface area contributed by atoms with Crippen molar-refractivity contribution in [2.45, 2.75) is 33.8 Å². The van der Waals surface area contributed by atoms with Crippen LogP contribution in [0.2, 0.25) is 0 Å². The summed E-state index contributed by atoms with van der Waals surface area (Å²) in [5, 5.41) is 0.681. The van der Waals surface area contributed by atoms with Gasteiger partial charge in [0, 0.05) is 16.8 Å². The lowest BCUT2D eigenvalue weighted by Crippen LogP contribution is -2.26. The SMILES string of the molecule is CCOC(=O)c1c(C)n(-c2ccc(OC)cc2)c2ccc(OC(C)C(=O)OCC)cc12. The van der Waals surface area contributed by atoms with Crippen LogP contribution in [-0.4, -0.2) is 42.9 Å². The van der Waals surface area contributed by atoms with Crippen molar-refractivity contribution in [2.24, 2.45) is 0 Å². The molecule has 0 aliphatic carbocycles. The number of esters is 2. The van der Waals surface area contributed by atoms with Gasteiger partial charge in [-0.2, -0.15) is 0 Å². The van der Waals surface area contributed by atoms with Gasteiger partial charge in [0.2, 0.25) is 0 Å². The summed E-state index contributed by atoms with van der Waals surface area (Å²) in [5.41, 5.74) is 2.91. The number of ether oxygens (including phenoxy) is 4. The van der Waals surface area contributed by atoms with Gasteiger partial charge >= 0.3 is 11.9 Å². The second-order valence-electron chi connectivity index (χ2n) is 6.91. The Balaban J connectivity index is 2.11. The van der Waals surface area contributed by atoms with E-state index >= 15 is 0 Å². The summed E-state index contributed by atoms with van der Waals surface area (Å²) in [6, 6.07) is 13.0. The number of nitrogens with zero attached hydrogens (tertiary/aromatic N) is 1. The molecule has 0 amide bonds. The molecule has 0 N–H and O–H groups in total. The second-order valence-corrected chi connectivity index (χ2v) is 6.91. The fourth-order valence-corrected chi connectivity index (χ4v) is 3.51. The van der Waals surface area contributed by atoms with Crippen molar-refractivity contribution in [3.63, 3.8) is 0 Å². The first kappa shape index (κ1) is 22.2. The maximum Gasteiger partial charge on any atom is 0.347 e. The molecule has 0 bridgehead atoms. The molecule has 3 rings (SSSR count). The van der Waals surface area contributed by atoms with Gasteiger partial charge in [-0.15, -0.1) is 0 Å². The fourth-order valence-electron chi connectivity index (χ4n) is 3.51. The highest BCUT2D eigenvalue weighted by atomic mass is 16.6. The van der Waals surface area contributed by atoms with E-state index in [2.05, 4.69) is 0 Å². The third-order valence-corrected chi connectivity index (χ3v) is 4.92. The van der Waals surface area contributed by atoms with Crippen LogP contribution in [0.4, 0.5) is 0 Å². The fraction of sp³-hybridized carbons (Fsp3) is 0.333. The van der Waals surface area contributed by atoms with Gasteiger partial charge in [0.25, 0.3) is 0 Å². The molecule has 0 spiro atoms. The third-order valence-electron chi connectivity index (χ3n) is 4.92. The molecule has 0 aliphatic heterocycles. The van der Waals surface area contributed by atoms with E-state index < -0.39 is 18.0 Å². The molecular formula is C24H27NO6. The predicted octanol–water partition coefficient (Wildman–Crippen LogP) is 4.45. The molecule has 1 unspecified atom stereocenters. The minimum atomic E-state index is -0.770. The van der Waals surface area contributed by atoms with Gasteiger partial charge in [0.1, 0.15) is 11.5 Å². The lowest BCUT2D eigenvalue weighted by molar-refractivity contribution is -0.150. The number of rotatable bonds is 8. The number of benzene rings is 2. The van der Waals surface area contributed by atoms with Gasteiger partial charge in [-0.3, -0.25) is 0 Å². The van der Waals surface area contributed by atoms with Gasteiger partial charge in [-0.1, -0.05) is 0 Å². The lowest BCUT2D eigenvalue weighted by atomic mass is 10.1. The molecular weight excluding hydrogens is 398 g/mol. The third kappa shape index (κ3) is 4.50. The van der Waals surface area contributed by atoms with Crippen molar-refractivity contribution < 1.29 is 28.5 Å². The first-order chi connectivity index (χ1) is 14.9. The lowest BCUT2D eigenvalue weighted by Gasteiger charge is -2.14. The Labute approximate surface area is 181 Å². The molecule has 0 fully saturated rings. The zero-order valence-corrected chi connectivity index (χ0v) is 18.4. The zero-order valence-electron chi connectivity index (χ0n) is 18.4. The van der Waals surface area contributed by atoms with Crippen molar-refractivity contribution in [1.82, 2.24) is 4.57 Å². The van der Waals surface area contributed by atoms with Crippen LogP contribution >= 0.6 is 0 Å². The molecule has 2 aromatic carbocycles. The molecule has 7 heteroatoms. The van der Waals surface area contributed by atoms with E-state index in [9.17, 15) is 9.59 Å². The Morgan fingerprint density at radius 2 is 1.61 bits per heavy atom. The smallest absolute Gasteiger partial charge is 0.347 e. The van der Waals surface area contributed by atoms with Crippen LogP contribution in [-0.2, 0) is 14.3 Å². The standard InChI is InChI=1S/C24H27NO6/c1-6-29-23(26)16(4)31-19-12-13-21-20(14-19)22(24(27)30-7-2)15(3)25(21)17-8-10-18(28-5)11-9-17/h8-14,16H,6-7H2,1-5H3. The van der Waals surface area contributed by atoms with Crippen LogP contribution in [0.1, 0.15) is 36.8 Å². The monoisotopic (exact) mass is 425 g/mol. The van der Waals surface area contributed by atoms with Crippen LogP contribution in [0, 0.1) is 6.92 Å². The molecule has 1 aromatic heterocycles. The summed E-state index contributed by atoms with van der Waals surface area (Å²) in [5.74, 6) is 0.352. The average molecular weight is 425 g/mol. The number of carbonyl (C=O) groups is 2. The van der Waals surface area contributed by atoms with Crippen molar-refractivity contribution in [3.8, 4) is 17.2 Å². The van der Waals surface area contributed by atoms with Gasteiger partial charge in [-0.25, -0.2) is 9.59 Å². The van der Waals surface area contributed by atoms with Crippen molar-refractivity contribution in [3.05, 3.63) is 53.7 Å². The van der Waals surface area contributed by atoms with Crippen LogP contribution in [0.25, 0.3) is 16.6 Å². The summed E-state index contributed by atoms with van der Waals surface area (Å²) in [4.78, 5) is 24.7. The predicted molar refractivity (Wildman–Crippen MR) is 117 cm³/mol. The Morgan fingerprint density at radius 1 is 0.968 bits per heavy atom. The first-order valence-electron chi connectivity index (χ1n) is 10.2. The summed E-state index contributed by atoms with van der Waals surface area (Å²) in [6.45, 7) is 7.56. The highest BCUT2D eigenvalue weighted by Crippen LogP contribution is 2.33. The van der Waals surface area contributed by atoms with E-state index in [0.717, 1.165) is 22.6 Å². The van der Waals surface area contributed by atoms with E-state index in [1.807, 2.05) is 41.8 Å². The largest absolute Gasteiger partial charge is 0.497 e. The number of hydrogen-bond donors (Lipinski definition) is 0. The van der Waals surface area contributed by atoms with E-state index in [0.29, 0.717) is 16.7 Å². The van der Waals surface area contributed by atoms with Gasteiger partial charge in [0.15, 0.2) is 6.10 Å². The maximum absolute atomic E-state index is 12.8. The summed E-state index contributed by atoms with van der Waals surface area (Å²) in [6.07, 6.45) is -0.770. The van der Waals surface area contributed by atoms with Crippen LogP contribution in [0.5, 0.6) is 11.5 Å². The summed E-state index contributed by atoms with van der Waals surface area (Å²) >= 11 is 0. The molecule has 31 heavy (non-hydrogen) atoms. The van der Waals surface area contributed by atoms with Crippen LogP contribution < -0.4 is 9.47 Å². The normalized spacial score (nSPS) is 11.8. The molecule has 0 radical (unpaired) electrons. The summed E-state index contributed by atoms with van der Waals surface area (Å²) < 4.78 is 23.3. The highest BCUT2D eigenvalue weighted by Gasteiger charge is 2.23. The van der Waals surface area contributed by atoms with E-state index in [-0.39, 0.29) is 13.2 Å². The number of fused-ring (bicyclic) bond motifs is 1. The Morgan fingerprint density at radius 3 is 2.23 bits per heavy atom. The topological polar surface area (TPSA) is 76.0 Å². The second kappa shape index (κ2) is 9.55. The first-order valence-corrected chi connectivity index (χ1v) is 10.2. The zero-order chi connectivity index (χ0) is 22.5. The van der Waals surface area contributed by atoms with Gasteiger partial charge < -0.3 is 23.5 Å². The maximum atomic E-state index is 12.8. The Bertz CT molecular complexity index is 1080. The minimum Gasteiger partial charge on any atom is -0.497 e. The van der Waals surface area contributed by atoms with Crippen molar-refractivity contribution in [2.75, 3.05) is 20.3 Å². The van der Waals surface area contributed by atoms with Crippen molar-refractivity contribution in [1.29, 1.82) is 0 Å². The molecule has 3 aromatic rings. The van der Waals surface area contributed by atoms with E-state index in [1.165, 1.54) is 0 Å². The Hall–Kier alpha value is -3.48. The number of aromatic nitrogens is 1. The molecule has 0 aliphatic rings. The van der Waals surface area contributed by atoms with Crippen LogP contribution in [0.3, 0.4) is 0 Å².